The standard InChI is InChI=1S/C20H19N5O8S.Na/c1-31-24-14(13-9-34-19(21)23-13)15(26)22-12-8-32-25(16(12)27)20(18(29)30)7-11(17(28)33-20)10-5-3-2-4-6-10;/h2-6,9,11-12H,7-8H2,1H3,(H2,21,23)(H,22,26)(H,29,30);/q;+1/p-1/b24-14-;/t11?,12-,20?;/m0./s1. The van der Waals surface area contributed by atoms with Gasteiger partial charge in [0.1, 0.15) is 31.4 Å². The van der Waals surface area contributed by atoms with Gasteiger partial charge in [-0.25, -0.2) is 4.98 Å². The van der Waals surface area contributed by atoms with E-state index in [4.69, 9.17) is 15.3 Å². The van der Waals surface area contributed by atoms with Crippen LogP contribution >= 0.6 is 11.3 Å². The van der Waals surface area contributed by atoms with E-state index >= 15 is 0 Å². The minimum Gasteiger partial charge on any atom is -0.544 e. The summed E-state index contributed by atoms with van der Waals surface area (Å²) in [6, 6.07) is 7.05. The fourth-order valence-corrected chi connectivity index (χ4v) is 4.19. The number of amides is 2. The summed E-state index contributed by atoms with van der Waals surface area (Å²) in [4.78, 5) is 64.3. The van der Waals surface area contributed by atoms with Gasteiger partial charge in [-0.05, 0) is 5.56 Å². The van der Waals surface area contributed by atoms with Gasteiger partial charge >= 0.3 is 35.5 Å². The molecule has 2 aliphatic heterocycles. The van der Waals surface area contributed by atoms with Gasteiger partial charge in [-0.15, -0.1) is 11.3 Å². The molecule has 15 heteroatoms. The molecule has 4 rings (SSSR count). The Balaban J connectivity index is 0.00000342. The van der Waals surface area contributed by atoms with Crippen molar-refractivity contribution in [3.05, 3.63) is 47.0 Å². The first-order chi connectivity index (χ1) is 16.3. The zero-order valence-electron chi connectivity index (χ0n) is 18.6. The van der Waals surface area contributed by atoms with Crippen LogP contribution in [0.2, 0.25) is 0 Å². The van der Waals surface area contributed by atoms with Crippen LogP contribution in [-0.4, -0.2) is 65.0 Å². The number of thiazole rings is 1. The number of nitrogen functional groups attached to an aromatic ring is 1. The fraction of sp³-hybridized carbons (Fsp3) is 0.300. The number of aliphatic carboxylic acids is 1. The van der Waals surface area contributed by atoms with Gasteiger partial charge in [0.05, 0.1) is 5.92 Å². The molecule has 3 heterocycles. The Kier molecular flexibility index (Phi) is 8.12. The summed E-state index contributed by atoms with van der Waals surface area (Å²) in [5.41, 5.74) is 3.46. The normalized spacial score (nSPS) is 24.0. The van der Waals surface area contributed by atoms with Crippen LogP contribution in [0, 0.1) is 0 Å². The van der Waals surface area contributed by atoms with Gasteiger partial charge < -0.3 is 30.5 Å². The maximum absolute atomic E-state index is 13.0. The van der Waals surface area contributed by atoms with E-state index in [1.54, 1.807) is 30.3 Å². The molecule has 0 bridgehead atoms. The molecule has 2 amide bonds. The maximum Gasteiger partial charge on any atom is 1.00 e. The topological polar surface area (TPSA) is 186 Å². The van der Waals surface area contributed by atoms with Crippen molar-refractivity contribution >= 4 is 45.9 Å². The van der Waals surface area contributed by atoms with Gasteiger partial charge in [-0.3, -0.25) is 19.2 Å². The van der Waals surface area contributed by atoms with Crippen LogP contribution in [-0.2, 0) is 33.6 Å². The summed E-state index contributed by atoms with van der Waals surface area (Å²) < 4.78 is 5.14. The fourth-order valence-electron chi connectivity index (χ4n) is 3.64. The van der Waals surface area contributed by atoms with Crippen molar-refractivity contribution in [2.75, 3.05) is 19.5 Å². The number of cyclic esters (lactones) is 1. The Morgan fingerprint density at radius 1 is 1.34 bits per heavy atom. The van der Waals surface area contributed by atoms with E-state index in [1.807, 2.05) is 0 Å². The quantitative estimate of drug-likeness (QED) is 0.159. The van der Waals surface area contributed by atoms with E-state index in [9.17, 15) is 24.3 Å². The predicted molar refractivity (Wildman–Crippen MR) is 112 cm³/mol. The molecule has 13 nitrogen and oxygen atoms in total. The molecular weight excluding hydrogens is 493 g/mol. The maximum atomic E-state index is 13.0. The van der Waals surface area contributed by atoms with Crippen LogP contribution in [0.3, 0.4) is 0 Å². The molecule has 2 saturated heterocycles. The molecular formula is C20H18N5NaO8S. The molecule has 0 saturated carbocycles. The molecule has 1 aromatic carbocycles. The average Bonchev–Trinajstić information content (AvgIpc) is 3.50. The van der Waals surface area contributed by atoms with Crippen molar-refractivity contribution in [2.24, 2.45) is 5.16 Å². The third-order valence-corrected chi connectivity index (χ3v) is 5.89. The van der Waals surface area contributed by atoms with E-state index in [0.29, 0.717) is 10.6 Å². The van der Waals surface area contributed by atoms with E-state index in [1.165, 1.54) is 12.5 Å². The second-order valence-corrected chi connectivity index (χ2v) is 8.20. The van der Waals surface area contributed by atoms with Gasteiger partial charge in [-0.2, -0.15) is 5.06 Å². The van der Waals surface area contributed by atoms with E-state index in [2.05, 4.69) is 20.3 Å². The Morgan fingerprint density at radius 2 is 2.06 bits per heavy atom. The number of anilines is 1. The number of esters is 1. The molecule has 3 atom stereocenters. The Labute approximate surface area is 224 Å². The summed E-state index contributed by atoms with van der Waals surface area (Å²) >= 11 is 1.07. The predicted octanol–water partition coefficient (Wildman–Crippen LogP) is -4.48. The number of hydroxylamine groups is 2. The molecule has 2 aromatic rings. The number of benzene rings is 1. The first-order valence-corrected chi connectivity index (χ1v) is 10.7. The van der Waals surface area contributed by atoms with E-state index in [-0.39, 0.29) is 46.1 Å². The van der Waals surface area contributed by atoms with Gasteiger partial charge in [0.15, 0.2) is 10.8 Å². The van der Waals surface area contributed by atoms with Crippen LogP contribution in [0.25, 0.3) is 0 Å². The molecule has 0 radical (unpaired) electrons. The Hall–Kier alpha value is -3.04. The van der Waals surface area contributed by atoms with Crippen LogP contribution in [0.5, 0.6) is 0 Å². The molecule has 0 aliphatic carbocycles. The van der Waals surface area contributed by atoms with Gasteiger partial charge in [-0.1, -0.05) is 35.5 Å². The molecule has 178 valence electrons. The molecule has 2 unspecified atom stereocenters. The summed E-state index contributed by atoms with van der Waals surface area (Å²) in [7, 11) is 1.22. The number of hydrogen-bond acceptors (Lipinski definition) is 12. The number of carbonyl (C=O) groups is 4. The van der Waals surface area contributed by atoms with Crippen molar-refractivity contribution in [1.29, 1.82) is 0 Å². The Morgan fingerprint density at radius 3 is 2.66 bits per heavy atom. The number of nitrogens with two attached hydrogens (primary N) is 1. The first-order valence-electron chi connectivity index (χ1n) is 9.86. The van der Waals surface area contributed by atoms with Crippen LogP contribution < -0.4 is 45.7 Å². The number of oxime groups is 1. The molecule has 3 N–H and O–H groups in total. The molecule has 1 aromatic heterocycles. The first kappa shape index (κ1) is 26.6. The van der Waals surface area contributed by atoms with Crippen molar-refractivity contribution in [3.63, 3.8) is 0 Å². The number of aromatic nitrogens is 1. The number of carboxylic acid groups (broad SMARTS) is 1. The number of hydrogen-bond donors (Lipinski definition) is 2. The van der Waals surface area contributed by atoms with Gasteiger partial charge in [0.25, 0.3) is 17.5 Å². The number of carboxylic acids is 1. The zero-order valence-corrected chi connectivity index (χ0v) is 21.4. The number of nitrogens with one attached hydrogen (secondary N) is 1. The number of carbonyl (C=O) groups excluding carboxylic acids is 4. The average molecular weight is 511 g/mol. The Bertz CT molecular complexity index is 1180. The summed E-state index contributed by atoms with van der Waals surface area (Å²) in [6.07, 6.45) is -0.431. The monoisotopic (exact) mass is 511 g/mol. The number of rotatable bonds is 7. The summed E-state index contributed by atoms with van der Waals surface area (Å²) in [6.45, 7) is -0.424. The largest absolute Gasteiger partial charge is 1.00 e. The third kappa shape index (κ3) is 5.01. The van der Waals surface area contributed by atoms with E-state index < -0.39 is 54.5 Å². The van der Waals surface area contributed by atoms with E-state index in [0.717, 1.165) is 11.3 Å². The second kappa shape index (κ2) is 10.7. The third-order valence-electron chi connectivity index (χ3n) is 5.22. The summed E-state index contributed by atoms with van der Waals surface area (Å²) in [5.74, 6) is -5.44. The van der Waals surface area contributed by atoms with Crippen molar-refractivity contribution in [1.82, 2.24) is 15.4 Å². The van der Waals surface area contributed by atoms with Crippen molar-refractivity contribution in [3.8, 4) is 0 Å². The summed E-state index contributed by atoms with van der Waals surface area (Å²) in [5, 5.41) is 20.2. The van der Waals surface area contributed by atoms with Crippen LogP contribution in [0.4, 0.5) is 5.13 Å². The molecule has 2 aliphatic rings. The molecule has 35 heavy (non-hydrogen) atoms. The van der Waals surface area contributed by atoms with Crippen LogP contribution in [0.15, 0.2) is 40.9 Å². The SMILES string of the molecule is CO/N=C(\C(=O)N[C@H]1CON(C2(C(=O)[O-])CC(c3ccccc3)C(=O)O2)C1=O)c1csc(N)n1.[Na+]. The molecule has 0 spiro atoms. The van der Waals surface area contributed by atoms with Gasteiger partial charge in [0.2, 0.25) is 0 Å². The zero-order chi connectivity index (χ0) is 24.5. The minimum absolute atomic E-state index is 0. The van der Waals surface area contributed by atoms with Gasteiger partial charge in [0, 0.05) is 11.8 Å². The van der Waals surface area contributed by atoms with Crippen LogP contribution in [0.1, 0.15) is 23.6 Å². The van der Waals surface area contributed by atoms with Crippen molar-refractivity contribution in [2.45, 2.75) is 24.1 Å². The number of ether oxygens (including phenoxy) is 1. The molecule has 2 fully saturated rings. The second-order valence-electron chi connectivity index (χ2n) is 7.31. The minimum atomic E-state index is -2.50. The number of nitrogens with zero attached hydrogens (tertiary/aromatic N) is 3. The van der Waals surface area contributed by atoms with Crippen molar-refractivity contribution < 1.29 is 68.3 Å². The smallest absolute Gasteiger partial charge is 0.544 e.